The summed E-state index contributed by atoms with van der Waals surface area (Å²) < 4.78 is 5.00. The first kappa shape index (κ1) is 18.3. The van der Waals surface area contributed by atoms with Gasteiger partial charge in [-0.2, -0.15) is 0 Å². The van der Waals surface area contributed by atoms with Gasteiger partial charge < -0.3 is 20.3 Å². The molecule has 6 heteroatoms. The van der Waals surface area contributed by atoms with E-state index in [4.69, 9.17) is 4.74 Å². The van der Waals surface area contributed by atoms with E-state index in [1.165, 1.54) is 6.92 Å². The number of nitrogens with zero attached hydrogens (tertiary/aromatic N) is 1. The molecule has 0 aliphatic carbocycles. The monoisotopic (exact) mass is 341 g/mol. The quantitative estimate of drug-likeness (QED) is 0.613. The Morgan fingerprint density at radius 1 is 0.960 bits per heavy atom. The molecular weight excluding hydrogens is 318 g/mol. The van der Waals surface area contributed by atoms with Crippen LogP contribution in [0.5, 0.6) is 5.75 Å². The summed E-state index contributed by atoms with van der Waals surface area (Å²) in [4.78, 5) is 25.3. The Hall–Kier alpha value is -3.02. The molecule has 0 saturated heterocycles. The Labute approximate surface area is 147 Å². The van der Waals surface area contributed by atoms with E-state index >= 15 is 0 Å². The fraction of sp³-hybridized carbons (Fsp3) is 0.263. The first-order valence-electron chi connectivity index (χ1n) is 8.23. The number of rotatable bonds is 6. The van der Waals surface area contributed by atoms with E-state index < -0.39 is 5.97 Å². The number of nitrogens with one attached hydrogen (secondary N) is 2. The second kappa shape index (κ2) is 8.73. The van der Waals surface area contributed by atoms with Crippen molar-refractivity contribution in [1.82, 2.24) is 0 Å². The van der Waals surface area contributed by atoms with Gasteiger partial charge in [0, 0.05) is 43.1 Å². The molecule has 0 unspecified atom stereocenters. The van der Waals surface area contributed by atoms with Crippen molar-refractivity contribution in [3.63, 3.8) is 0 Å². The van der Waals surface area contributed by atoms with Crippen molar-refractivity contribution in [3.8, 4) is 5.75 Å². The zero-order valence-electron chi connectivity index (χ0n) is 14.7. The van der Waals surface area contributed by atoms with Crippen LogP contribution in [0.1, 0.15) is 20.8 Å². The molecule has 0 saturated carbocycles. The van der Waals surface area contributed by atoms with Crippen LogP contribution < -0.4 is 20.3 Å². The number of carbonyl (C=O) groups excluding carboxylic acids is 2. The third kappa shape index (κ3) is 5.53. The molecule has 132 valence electrons. The Kier molecular flexibility index (Phi) is 6.39. The van der Waals surface area contributed by atoms with Crippen LogP contribution in [0.15, 0.2) is 48.5 Å². The maximum atomic E-state index is 12.1. The van der Waals surface area contributed by atoms with Crippen molar-refractivity contribution < 1.29 is 14.3 Å². The van der Waals surface area contributed by atoms with E-state index in [9.17, 15) is 9.59 Å². The molecule has 2 aromatic rings. The first-order chi connectivity index (χ1) is 12.0. The van der Waals surface area contributed by atoms with Crippen LogP contribution in [0.25, 0.3) is 0 Å². The summed E-state index contributed by atoms with van der Waals surface area (Å²) in [7, 11) is 0. The van der Waals surface area contributed by atoms with Crippen LogP contribution in [0.3, 0.4) is 0 Å². The molecule has 25 heavy (non-hydrogen) atoms. The molecule has 2 rings (SSSR count). The van der Waals surface area contributed by atoms with Crippen LogP contribution in [0, 0.1) is 0 Å². The number of amides is 2. The Morgan fingerprint density at radius 3 is 2.20 bits per heavy atom. The summed E-state index contributed by atoms with van der Waals surface area (Å²) in [6.45, 7) is 7.40. The predicted octanol–water partition coefficient (Wildman–Crippen LogP) is 4.10. The molecule has 2 N–H and O–H groups in total. The van der Waals surface area contributed by atoms with Gasteiger partial charge in [-0.3, -0.25) is 4.79 Å². The third-order valence-corrected chi connectivity index (χ3v) is 3.61. The Balaban J connectivity index is 1.97. The fourth-order valence-corrected chi connectivity index (χ4v) is 2.44. The number of esters is 1. The van der Waals surface area contributed by atoms with Gasteiger partial charge >= 0.3 is 12.0 Å². The lowest BCUT2D eigenvalue weighted by Gasteiger charge is -2.21. The molecule has 0 aliphatic rings. The lowest BCUT2D eigenvalue weighted by Crippen LogP contribution is -2.22. The normalized spacial score (nSPS) is 10.0. The lowest BCUT2D eigenvalue weighted by molar-refractivity contribution is -0.131. The predicted molar refractivity (Wildman–Crippen MR) is 100 cm³/mol. The first-order valence-corrected chi connectivity index (χ1v) is 8.23. The smallest absolute Gasteiger partial charge is 0.323 e. The van der Waals surface area contributed by atoms with E-state index in [1.807, 2.05) is 24.3 Å². The van der Waals surface area contributed by atoms with Gasteiger partial charge in [-0.05, 0) is 50.2 Å². The maximum absolute atomic E-state index is 12.1. The highest BCUT2D eigenvalue weighted by Gasteiger charge is 2.06. The minimum atomic E-state index is -0.408. The highest BCUT2D eigenvalue weighted by atomic mass is 16.5. The summed E-state index contributed by atoms with van der Waals surface area (Å²) in [5.41, 5.74) is 2.35. The largest absolute Gasteiger partial charge is 0.427 e. The number of carbonyl (C=O) groups is 2. The Morgan fingerprint density at radius 2 is 1.60 bits per heavy atom. The Bertz CT molecular complexity index is 725. The van der Waals surface area contributed by atoms with Crippen molar-refractivity contribution in [2.45, 2.75) is 20.8 Å². The summed E-state index contributed by atoms with van der Waals surface area (Å²) in [6.07, 6.45) is 0. The molecule has 0 aliphatic heterocycles. The molecule has 0 radical (unpaired) electrons. The number of hydrogen-bond acceptors (Lipinski definition) is 4. The van der Waals surface area contributed by atoms with Gasteiger partial charge in [-0.1, -0.05) is 6.07 Å². The minimum absolute atomic E-state index is 0.365. The lowest BCUT2D eigenvalue weighted by atomic mass is 10.2. The van der Waals surface area contributed by atoms with Crippen molar-refractivity contribution in [1.29, 1.82) is 0 Å². The van der Waals surface area contributed by atoms with Crippen molar-refractivity contribution in [2.24, 2.45) is 0 Å². The van der Waals surface area contributed by atoms with E-state index in [2.05, 4.69) is 29.4 Å². The molecule has 6 nitrogen and oxygen atoms in total. The van der Waals surface area contributed by atoms with Gasteiger partial charge in [0.15, 0.2) is 0 Å². The zero-order chi connectivity index (χ0) is 18.2. The highest BCUT2D eigenvalue weighted by molar-refractivity contribution is 6.00. The number of urea groups is 1. The molecule has 0 heterocycles. The van der Waals surface area contributed by atoms with Gasteiger partial charge in [0.05, 0.1) is 0 Å². The van der Waals surface area contributed by atoms with E-state index in [-0.39, 0.29) is 6.03 Å². The zero-order valence-corrected chi connectivity index (χ0v) is 14.7. The SMILES string of the molecule is CCN(CC)c1ccc(NC(=O)Nc2cccc(OC(C)=O)c2)cc1. The van der Waals surface area contributed by atoms with Crippen LogP contribution in [-0.4, -0.2) is 25.1 Å². The average molecular weight is 341 g/mol. The topological polar surface area (TPSA) is 70.7 Å². The fourth-order valence-electron chi connectivity index (χ4n) is 2.44. The van der Waals surface area contributed by atoms with Crippen molar-refractivity contribution >= 4 is 29.1 Å². The minimum Gasteiger partial charge on any atom is -0.427 e. The van der Waals surface area contributed by atoms with E-state index in [0.29, 0.717) is 17.1 Å². The molecule has 2 aromatic carbocycles. The summed E-state index contributed by atoms with van der Waals surface area (Å²) >= 11 is 0. The van der Waals surface area contributed by atoms with E-state index in [0.717, 1.165) is 18.8 Å². The average Bonchev–Trinajstić information content (AvgIpc) is 2.57. The van der Waals surface area contributed by atoms with E-state index in [1.54, 1.807) is 24.3 Å². The molecule has 0 bridgehead atoms. The van der Waals surface area contributed by atoms with Crippen molar-refractivity contribution in [3.05, 3.63) is 48.5 Å². The molecule has 0 fully saturated rings. The number of hydrogen-bond donors (Lipinski definition) is 2. The van der Waals surface area contributed by atoms with Crippen molar-refractivity contribution in [2.75, 3.05) is 28.6 Å². The second-order valence-electron chi connectivity index (χ2n) is 5.42. The summed E-state index contributed by atoms with van der Waals surface area (Å²) in [5, 5.41) is 5.49. The van der Waals surface area contributed by atoms with Crippen LogP contribution >= 0.6 is 0 Å². The number of benzene rings is 2. The molecule has 0 aromatic heterocycles. The number of ether oxygens (including phenoxy) is 1. The molecular formula is C19H23N3O3. The molecule has 0 spiro atoms. The van der Waals surface area contributed by atoms with Crippen LogP contribution in [-0.2, 0) is 4.79 Å². The summed E-state index contributed by atoms with van der Waals surface area (Å²) in [5.74, 6) is -0.0243. The van der Waals surface area contributed by atoms with Crippen LogP contribution in [0.2, 0.25) is 0 Å². The van der Waals surface area contributed by atoms with Gasteiger partial charge in [-0.15, -0.1) is 0 Å². The van der Waals surface area contributed by atoms with Gasteiger partial charge in [0.25, 0.3) is 0 Å². The number of anilines is 3. The molecule has 2 amide bonds. The van der Waals surface area contributed by atoms with Gasteiger partial charge in [0.1, 0.15) is 5.75 Å². The maximum Gasteiger partial charge on any atom is 0.323 e. The van der Waals surface area contributed by atoms with Gasteiger partial charge in [0.2, 0.25) is 0 Å². The molecule has 0 atom stereocenters. The highest BCUT2D eigenvalue weighted by Crippen LogP contribution is 2.19. The van der Waals surface area contributed by atoms with Crippen LogP contribution in [0.4, 0.5) is 21.9 Å². The standard InChI is InChI=1S/C19H23N3O3/c1-4-22(5-2)17-11-9-15(10-12-17)20-19(24)21-16-7-6-8-18(13-16)25-14(3)23/h6-13H,4-5H2,1-3H3,(H2,20,21,24). The third-order valence-electron chi connectivity index (χ3n) is 3.61. The second-order valence-corrected chi connectivity index (χ2v) is 5.42. The summed E-state index contributed by atoms with van der Waals surface area (Å²) in [6, 6.07) is 14.0. The van der Waals surface area contributed by atoms with Gasteiger partial charge in [-0.25, -0.2) is 4.79 Å².